The van der Waals surface area contributed by atoms with Gasteiger partial charge in [-0.3, -0.25) is 25.8 Å². The van der Waals surface area contributed by atoms with Gasteiger partial charge in [-0.1, -0.05) is 17.7 Å². The zero-order chi connectivity index (χ0) is 19.4. The van der Waals surface area contributed by atoms with Crippen molar-refractivity contribution in [3.63, 3.8) is 0 Å². The summed E-state index contributed by atoms with van der Waals surface area (Å²) in [5.74, 6) is -0.550. The molecule has 2 aromatic carbocycles. The van der Waals surface area contributed by atoms with Crippen LogP contribution < -0.4 is 21.5 Å². The van der Waals surface area contributed by atoms with E-state index in [-0.39, 0.29) is 22.4 Å². The lowest BCUT2D eigenvalue weighted by atomic mass is 10.1. The summed E-state index contributed by atoms with van der Waals surface area (Å²) < 4.78 is 0. The number of halogens is 1. The van der Waals surface area contributed by atoms with Crippen molar-refractivity contribution in [1.82, 2.24) is 10.9 Å². The molecule has 1 saturated carbocycles. The van der Waals surface area contributed by atoms with Gasteiger partial charge in [0.25, 0.3) is 11.6 Å². The third kappa shape index (κ3) is 5.28. The van der Waals surface area contributed by atoms with Crippen LogP contribution >= 0.6 is 23.8 Å². The topological polar surface area (TPSA) is 108 Å². The molecule has 1 amide bonds. The zero-order valence-electron chi connectivity index (χ0n) is 14.0. The number of carbonyl (C=O) groups excluding carboxylic acids is 1. The SMILES string of the molecule is O=C(NNC(=S)Nc1cccc(Cl)c1)c1ccc(NC2CC2)c([N+](=O)[O-])c1. The van der Waals surface area contributed by atoms with Crippen molar-refractivity contribution in [2.45, 2.75) is 18.9 Å². The standard InChI is InChI=1S/C17H16ClN5O3S/c18-11-2-1-3-13(9-11)20-17(27)22-21-16(24)10-4-7-14(19-12-5-6-12)15(8-10)23(25)26/h1-4,7-9,12,19H,5-6H2,(H,21,24)(H2,20,22,27). The number of benzene rings is 2. The van der Waals surface area contributed by atoms with Crippen molar-refractivity contribution in [1.29, 1.82) is 0 Å². The van der Waals surface area contributed by atoms with Gasteiger partial charge >= 0.3 is 0 Å². The smallest absolute Gasteiger partial charge is 0.293 e. The summed E-state index contributed by atoms with van der Waals surface area (Å²) in [6.07, 6.45) is 1.97. The Bertz CT molecular complexity index is 904. The molecule has 0 saturated heterocycles. The van der Waals surface area contributed by atoms with Gasteiger partial charge in [0.2, 0.25) is 0 Å². The van der Waals surface area contributed by atoms with Crippen LogP contribution in [0, 0.1) is 10.1 Å². The first-order chi connectivity index (χ1) is 12.9. The first-order valence-corrected chi connectivity index (χ1v) is 8.89. The molecule has 8 nitrogen and oxygen atoms in total. The Balaban J connectivity index is 1.60. The number of nitrogens with zero attached hydrogens (tertiary/aromatic N) is 1. The van der Waals surface area contributed by atoms with E-state index in [1.165, 1.54) is 18.2 Å². The molecule has 0 aliphatic heterocycles. The average Bonchev–Trinajstić information content (AvgIpc) is 3.44. The van der Waals surface area contributed by atoms with Gasteiger partial charge in [0.1, 0.15) is 5.69 Å². The number of thiocarbonyl (C=S) groups is 1. The zero-order valence-corrected chi connectivity index (χ0v) is 15.6. The third-order valence-electron chi connectivity index (χ3n) is 3.77. The molecular weight excluding hydrogens is 390 g/mol. The van der Waals surface area contributed by atoms with Gasteiger partial charge in [0.15, 0.2) is 5.11 Å². The quantitative estimate of drug-likeness (QED) is 0.342. The van der Waals surface area contributed by atoms with Crippen LogP contribution in [0.1, 0.15) is 23.2 Å². The molecule has 0 radical (unpaired) electrons. The molecule has 1 fully saturated rings. The van der Waals surface area contributed by atoms with Gasteiger partial charge in [0.05, 0.1) is 4.92 Å². The number of carbonyl (C=O) groups is 1. The normalized spacial score (nSPS) is 12.8. The number of nitro groups is 1. The lowest BCUT2D eigenvalue weighted by molar-refractivity contribution is -0.384. The van der Waals surface area contributed by atoms with E-state index in [4.69, 9.17) is 23.8 Å². The Morgan fingerprint density at radius 3 is 2.63 bits per heavy atom. The average molecular weight is 406 g/mol. The first kappa shape index (κ1) is 18.9. The van der Waals surface area contributed by atoms with Crippen molar-refractivity contribution < 1.29 is 9.72 Å². The van der Waals surface area contributed by atoms with Crippen molar-refractivity contribution in [3.8, 4) is 0 Å². The molecule has 0 atom stereocenters. The molecule has 0 spiro atoms. The molecule has 0 aromatic heterocycles. The molecular formula is C17H16ClN5O3S. The minimum absolute atomic E-state index is 0.140. The van der Waals surface area contributed by atoms with Crippen LogP contribution in [0.15, 0.2) is 42.5 Å². The molecule has 27 heavy (non-hydrogen) atoms. The van der Waals surface area contributed by atoms with Crippen LogP contribution in [0.5, 0.6) is 0 Å². The summed E-state index contributed by atoms with van der Waals surface area (Å²) in [5.41, 5.74) is 6.01. The van der Waals surface area contributed by atoms with E-state index in [9.17, 15) is 14.9 Å². The van der Waals surface area contributed by atoms with Gasteiger partial charge in [-0.15, -0.1) is 0 Å². The summed E-state index contributed by atoms with van der Waals surface area (Å²) in [4.78, 5) is 23.0. The highest BCUT2D eigenvalue weighted by molar-refractivity contribution is 7.80. The highest BCUT2D eigenvalue weighted by Gasteiger charge is 2.25. The Kier molecular flexibility index (Phi) is 5.72. The van der Waals surface area contributed by atoms with Crippen LogP contribution in [-0.2, 0) is 0 Å². The van der Waals surface area contributed by atoms with Crippen LogP contribution in [0.3, 0.4) is 0 Å². The van der Waals surface area contributed by atoms with Crippen molar-refractivity contribution >= 4 is 51.9 Å². The molecule has 0 heterocycles. The number of hydrazine groups is 1. The number of nitro benzene ring substituents is 1. The molecule has 4 N–H and O–H groups in total. The van der Waals surface area contributed by atoms with Crippen LogP contribution in [0.4, 0.5) is 17.1 Å². The summed E-state index contributed by atoms with van der Waals surface area (Å²) in [6.45, 7) is 0. The summed E-state index contributed by atoms with van der Waals surface area (Å²) in [5, 5.41) is 17.9. The summed E-state index contributed by atoms with van der Waals surface area (Å²) >= 11 is 11.0. The fourth-order valence-electron chi connectivity index (χ4n) is 2.31. The Morgan fingerprint density at radius 1 is 1.19 bits per heavy atom. The van der Waals surface area contributed by atoms with E-state index < -0.39 is 10.8 Å². The molecule has 1 aliphatic rings. The number of nitrogens with one attached hydrogen (secondary N) is 4. The predicted molar refractivity (Wildman–Crippen MR) is 108 cm³/mol. The first-order valence-electron chi connectivity index (χ1n) is 8.10. The molecule has 10 heteroatoms. The molecule has 140 valence electrons. The van der Waals surface area contributed by atoms with Gasteiger partial charge in [-0.05, 0) is 55.4 Å². The van der Waals surface area contributed by atoms with Crippen molar-refractivity contribution in [2.75, 3.05) is 10.6 Å². The maximum atomic E-state index is 12.3. The predicted octanol–water partition coefficient (Wildman–Crippen LogP) is 3.45. The number of hydrogen-bond donors (Lipinski definition) is 4. The second-order valence-electron chi connectivity index (χ2n) is 5.95. The second-order valence-corrected chi connectivity index (χ2v) is 6.80. The molecule has 1 aliphatic carbocycles. The number of anilines is 2. The monoisotopic (exact) mass is 405 g/mol. The van der Waals surface area contributed by atoms with Gasteiger partial charge < -0.3 is 10.6 Å². The van der Waals surface area contributed by atoms with E-state index in [0.29, 0.717) is 16.4 Å². The lowest BCUT2D eigenvalue weighted by Crippen LogP contribution is -2.43. The lowest BCUT2D eigenvalue weighted by Gasteiger charge is -2.12. The minimum Gasteiger partial charge on any atom is -0.377 e. The van der Waals surface area contributed by atoms with Gasteiger partial charge in [-0.2, -0.15) is 0 Å². The summed E-state index contributed by atoms with van der Waals surface area (Å²) in [6, 6.07) is 11.5. The van der Waals surface area contributed by atoms with Crippen LogP contribution in [0.2, 0.25) is 5.02 Å². The van der Waals surface area contributed by atoms with Gasteiger partial charge in [0, 0.05) is 28.4 Å². The minimum atomic E-state index is -0.550. The largest absolute Gasteiger partial charge is 0.377 e. The van der Waals surface area contributed by atoms with E-state index in [0.717, 1.165) is 12.8 Å². The highest BCUT2D eigenvalue weighted by atomic mass is 35.5. The van der Waals surface area contributed by atoms with Gasteiger partial charge in [-0.25, -0.2) is 0 Å². The molecule has 0 unspecified atom stereocenters. The molecule has 0 bridgehead atoms. The van der Waals surface area contributed by atoms with E-state index >= 15 is 0 Å². The fourth-order valence-corrected chi connectivity index (χ4v) is 2.67. The number of hydrogen-bond acceptors (Lipinski definition) is 5. The summed E-state index contributed by atoms with van der Waals surface area (Å²) in [7, 11) is 0. The highest BCUT2D eigenvalue weighted by Crippen LogP contribution is 2.31. The Labute approximate surface area is 165 Å². The fraction of sp³-hybridized carbons (Fsp3) is 0.176. The van der Waals surface area contributed by atoms with E-state index in [2.05, 4.69) is 21.5 Å². The maximum absolute atomic E-state index is 12.3. The third-order valence-corrected chi connectivity index (χ3v) is 4.20. The van der Waals surface area contributed by atoms with E-state index in [1.54, 1.807) is 24.3 Å². The van der Waals surface area contributed by atoms with Crippen molar-refractivity contribution in [2.24, 2.45) is 0 Å². The molecule has 2 aromatic rings. The number of amides is 1. The second kappa shape index (κ2) is 8.19. The Morgan fingerprint density at radius 2 is 1.96 bits per heavy atom. The van der Waals surface area contributed by atoms with Crippen molar-refractivity contribution in [3.05, 3.63) is 63.2 Å². The van der Waals surface area contributed by atoms with Crippen LogP contribution in [0.25, 0.3) is 0 Å². The molecule has 3 rings (SSSR count). The number of rotatable bonds is 5. The van der Waals surface area contributed by atoms with Crippen LogP contribution in [-0.4, -0.2) is 22.0 Å². The van der Waals surface area contributed by atoms with E-state index in [1.807, 2.05) is 0 Å². The Hall–Kier alpha value is -2.91. The maximum Gasteiger partial charge on any atom is 0.293 e.